The van der Waals surface area contributed by atoms with Crippen LogP contribution in [0.3, 0.4) is 0 Å². The molecule has 1 aliphatic heterocycles. The molecule has 0 saturated carbocycles. The van der Waals surface area contributed by atoms with Gasteiger partial charge in [-0.2, -0.15) is 0 Å². The van der Waals surface area contributed by atoms with Gasteiger partial charge in [0.15, 0.2) is 0 Å². The number of nitrogens with zero attached hydrogens (tertiary/aromatic N) is 2. The van der Waals surface area contributed by atoms with Crippen LogP contribution in [0.2, 0.25) is 0 Å². The Morgan fingerprint density at radius 2 is 1.72 bits per heavy atom. The number of hydrogen-bond donors (Lipinski definition) is 1. The SMILES string of the molecule is Cc1ccc(C(O)=C2C(=O)C(=O)N(Cc3cccnc3)[C@@H]2c2ccc(C(C)C)cc2)cc1. The third kappa shape index (κ3) is 4.06. The minimum absolute atomic E-state index is 0.111. The van der Waals surface area contributed by atoms with Crippen molar-refractivity contribution in [2.45, 2.75) is 39.3 Å². The largest absolute Gasteiger partial charge is 0.507 e. The number of Topliss-reactive ketones (excluding diaryl/α,β-unsaturated/α-hetero) is 1. The van der Waals surface area contributed by atoms with Gasteiger partial charge in [-0.3, -0.25) is 14.6 Å². The molecule has 2 heterocycles. The topological polar surface area (TPSA) is 70.5 Å². The highest BCUT2D eigenvalue weighted by Crippen LogP contribution is 2.40. The summed E-state index contributed by atoms with van der Waals surface area (Å²) in [6.45, 7) is 6.40. The summed E-state index contributed by atoms with van der Waals surface area (Å²) < 4.78 is 0. The molecular weight excluding hydrogens is 400 g/mol. The zero-order valence-electron chi connectivity index (χ0n) is 18.4. The number of benzene rings is 2. The molecule has 2 aromatic carbocycles. The van der Waals surface area contributed by atoms with Gasteiger partial charge in [0.25, 0.3) is 11.7 Å². The van der Waals surface area contributed by atoms with Gasteiger partial charge >= 0.3 is 0 Å². The number of carbonyl (C=O) groups is 2. The van der Waals surface area contributed by atoms with Crippen molar-refractivity contribution in [3.63, 3.8) is 0 Å². The Hall–Kier alpha value is -3.73. The van der Waals surface area contributed by atoms with Gasteiger partial charge in [0.1, 0.15) is 5.76 Å². The predicted octanol–water partition coefficient (Wildman–Crippen LogP) is 5.14. The first kappa shape index (κ1) is 21.5. The average molecular weight is 427 g/mol. The van der Waals surface area contributed by atoms with E-state index < -0.39 is 17.7 Å². The third-order valence-corrected chi connectivity index (χ3v) is 5.86. The Labute approximate surface area is 188 Å². The van der Waals surface area contributed by atoms with Crippen LogP contribution >= 0.6 is 0 Å². The maximum atomic E-state index is 13.1. The van der Waals surface area contributed by atoms with Gasteiger partial charge in [0.2, 0.25) is 0 Å². The molecule has 0 radical (unpaired) electrons. The van der Waals surface area contributed by atoms with E-state index in [2.05, 4.69) is 18.8 Å². The van der Waals surface area contributed by atoms with Crippen LogP contribution in [0.15, 0.2) is 78.6 Å². The number of aliphatic hydroxyl groups excluding tert-OH is 1. The second-order valence-electron chi connectivity index (χ2n) is 8.48. The van der Waals surface area contributed by atoms with Crippen molar-refractivity contribution in [1.82, 2.24) is 9.88 Å². The molecule has 3 aromatic rings. The van der Waals surface area contributed by atoms with Crippen molar-refractivity contribution in [2.75, 3.05) is 0 Å². The lowest BCUT2D eigenvalue weighted by Gasteiger charge is -2.25. The number of aromatic nitrogens is 1. The highest BCUT2D eigenvalue weighted by Gasteiger charge is 2.46. The van der Waals surface area contributed by atoms with E-state index in [1.165, 1.54) is 4.90 Å². The van der Waals surface area contributed by atoms with Crippen LogP contribution in [0.1, 0.15) is 53.6 Å². The zero-order chi connectivity index (χ0) is 22.8. The van der Waals surface area contributed by atoms with Crippen LogP contribution < -0.4 is 0 Å². The van der Waals surface area contributed by atoms with Gasteiger partial charge in [-0.05, 0) is 35.6 Å². The van der Waals surface area contributed by atoms with Crippen molar-refractivity contribution in [3.8, 4) is 0 Å². The Kier molecular flexibility index (Phi) is 5.91. The molecule has 0 bridgehead atoms. The summed E-state index contributed by atoms with van der Waals surface area (Å²) >= 11 is 0. The van der Waals surface area contributed by atoms with E-state index >= 15 is 0 Å². The molecule has 1 atom stereocenters. The number of likely N-dealkylation sites (tertiary alicyclic amines) is 1. The van der Waals surface area contributed by atoms with Crippen LogP contribution in [0.25, 0.3) is 5.76 Å². The minimum atomic E-state index is -0.683. The lowest BCUT2D eigenvalue weighted by atomic mass is 9.93. The molecule has 0 aliphatic carbocycles. The highest BCUT2D eigenvalue weighted by atomic mass is 16.3. The second-order valence-corrected chi connectivity index (χ2v) is 8.48. The number of aryl methyl sites for hydroxylation is 1. The van der Waals surface area contributed by atoms with Crippen LogP contribution in [0.4, 0.5) is 0 Å². The van der Waals surface area contributed by atoms with Crippen LogP contribution in [0, 0.1) is 6.92 Å². The smallest absolute Gasteiger partial charge is 0.295 e. The summed E-state index contributed by atoms with van der Waals surface area (Å²) in [6.07, 6.45) is 3.34. The minimum Gasteiger partial charge on any atom is -0.507 e. The maximum absolute atomic E-state index is 13.1. The number of aliphatic hydroxyl groups is 1. The van der Waals surface area contributed by atoms with Crippen molar-refractivity contribution in [2.24, 2.45) is 0 Å². The summed E-state index contributed by atoms with van der Waals surface area (Å²) in [5, 5.41) is 11.1. The molecule has 1 aromatic heterocycles. The van der Waals surface area contributed by atoms with E-state index in [1.54, 1.807) is 30.6 Å². The van der Waals surface area contributed by atoms with E-state index in [9.17, 15) is 14.7 Å². The summed E-state index contributed by atoms with van der Waals surface area (Å²) in [4.78, 5) is 31.8. The molecule has 1 amide bonds. The number of ketones is 1. The molecule has 4 rings (SSSR count). The number of carbonyl (C=O) groups excluding carboxylic acids is 2. The fourth-order valence-electron chi connectivity index (χ4n) is 4.01. The Bertz CT molecular complexity index is 1160. The van der Waals surface area contributed by atoms with E-state index in [0.29, 0.717) is 11.5 Å². The van der Waals surface area contributed by atoms with Crippen molar-refractivity contribution < 1.29 is 14.7 Å². The molecule has 162 valence electrons. The lowest BCUT2D eigenvalue weighted by Crippen LogP contribution is -2.29. The first-order valence-electron chi connectivity index (χ1n) is 10.7. The molecule has 0 spiro atoms. The van der Waals surface area contributed by atoms with Gasteiger partial charge in [-0.1, -0.05) is 74.0 Å². The molecule has 0 unspecified atom stereocenters. The van der Waals surface area contributed by atoms with Gasteiger partial charge in [-0.15, -0.1) is 0 Å². The van der Waals surface area contributed by atoms with Gasteiger partial charge < -0.3 is 10.0 Å². The number of hydrogen-bond acceptors (Lipinski definition) is 4. The van der Waals surface area contributed by atoms with Crippen molar-refractivity contribution >= 4 is 17.4 Å². The molecule has 5 nitrogen and oxygen atoms in total. The van der Waals surface area contributed by atoms with Crippen LogP contribution in [0.5, 0.6) is 0 Å². The fourth-order valence-corrected chi connectivity index (χ4v) is 4.01. The second kappa shape index (κ2) is 8.79. The van der Waals surface area contributed by atoms with E-state index in [4.69, 9.17) is 0 Å². The molecule has 5 heteroatoms. The number of pyridine rings is 1. The summed E-state index contributed by atoms with van der Waals surface area (Å²) in [5.41, 5.74) is 4.43. The molecule has 1 N–H and O–H groups in total. The summed E-state index contributed by atoms with van der Waals surface area (Å²) in [5.74, 6) is -1.10. The Morgan fingerprint density at radius 1 is 1.03 bits per heavy atom. The van der Waals surface area contributed by atoms with Gasteiger partial charge in [0, 0.05) is 24.5 Å². The van der Waals surface area contributed by atoms with E-state index in [0.717, 1.165) is 22.3 Å². The molecule has 1 aliphatic rings. The standard InChI is InChI=1S/C27H26N2O3/c1-17(2)20-10-12-21(13-11-20)24-23(25(30)22-8-6-18(3)7-9-22)26(31)27(32)29(24)16-19-5-4-14-28-15-19/h4-15,17,24,30H,16H2,1-3H3/t24-/m1/s1. The predicted molar refractivity (Wildman–Crippen MR) is 124 cm³/mol. The zero-order valence-corrected chi connectivity index (χ0v) is 18.4. The van der Waals surface area contributed by atoms with E-state index in [-0.39, 0.29) is 17.9 Å². The molecule has 1 fully saturated rings. The monoisotopic (exact) mass is 426 g/mol. The molecule has 32 heavy (non-hydrogen) atoms. The average Bonchev–Trinajstić information content (AvgIpc) is 3.05. The first-order chi connectivity index (χ1) is 15.4. The van der Waals surface area contributed by atoms with Gasteiger partial charge in [-0.25, -0.2) is 0 Å². The first-order valence-corrected chi connectivity index (χ1v) is 10.7. The fraction of sp³-hybridized carbons (Fsp3) is 0.222. The molecular formula is C27H26N2O3. The Morgan fingerprint density at radius 3 is 2.31 bits per heavy atom. The van der Waals surface area contributed by atoms with Crippen LogP contribution in [-0.4, -0.2) is 26.7 Å². The summed E-state index contributed by atoms with van der Waals surface area (Å²) in [7, 11) is 0. The highest BCUT2D eigenvalue weighted by molar-refractivity contribution is 6.46. The third-order valence-electron chi connectivity index (χ3n) is 5.86. The quantitative estimate of drug-likeness (QED) is 0.349. The van der Waals surface area contributed by atoms with E-state index in [1.807, 2.05) is 49.4 Å². The van der Waals surface area contributed by atoms with Gasteiger partial charge in [0.05, 0.1) is 11.6 Å². The Balaban J connectivity index is 1.84. The van der Waals surface area contributed by atoms with Crippen LogP contribution in [-0.2, 0) is 16.1 Å². The maximum Gasteiger partial charge on any atom is 0.295 e. The number of amides is 1. The lowest BCUT2D eigenvalue weighted by molar-refractivity contribution is -0.140. The normalized spacial score (nSPS) is 17.9. The number of rotatable bonds is 5. The summed E-state index contributed by atoms with van der Waals surface area (Å²) in [6, 6.07) is 18.1. The van der Waals surface area contributed by atoms with Crippen molar-refractivity contribution in [1.29, 1.82) is 0 Å². The van der Waals surface area contributed by atoms with Crippen molar-refractivity contribution in [3.05, 3.63) is 106 Å². The molecule has 1 saturated heterocycles.